The molecule has 1 aromatic carbocycles. The van der Waals surface area contributed by atoms with Crippen LogP contribution in [0, 0.1) is 5.41 Å². The van der Waals surface area contributed by atoms with Gasteiger partial charge in [0.2, 0.25) is 0 Å². The van der Waals surface area contributed by atoms with E-state index < -0.39 is 0 Å². The largest absolute Gasteiger partial charge is 0.294 e. The molecule has 0 aliphatic heterocycles. The Morgan fingerprint density at radius 2 is 1.71 bits per heavy atom. The Bertz CT molecular complexity index is 328. The van der Waals surface area contributed by atoms with Crippen LogP contribution in [0.15, 0.2) is 36.4 Å². The summed E-state index contributed by atoms with van der Waals surface area (Å²) in [7, 11) is 0. The lowest BCUT2D eigenvalue weighted by Crippen LogP contribution is -2.17. The lowest BCUT2D eigenvalue weighted by molar-refractivity contribution is -0.121. The van der Waals surface area contributed by atoms with E-state index in [0.717, 1.165) is 5.56 Å². The summed E-state index contributed by atoms with van der Waals surface area (Å²) in [6.45, 7) is 5.76. The first-order valence-electron chi connectivity index (χ1n) is 4.78. The highest BCUT2D eigenvalue weighted by Gasteiger charge is 2.17. The minimum atomic E-state index is -0.286. The fourth-order valence-electron chi connectivity index (χ4n) is 0.986. The molecule has 0 saturated heterocycles. The summed E-state index contributed by atoms with van der Waals surface area (Å²) in [6, 6.07) is 9.84. The second-order valence-corrected chi connectivity index (χ2v) is 4.36. The van der Waals surface area contributed by atoms with Gasteiger partial charge in [0.25, 0.3) is 0 Å². The molecule has 14 heavy (non-hydrogen) atoms. The second kappa shape index (κ2) is 4.23. The Kier molecular flexibility index (Phi) is 3.23. The summed E-state index contributed by atoms with van der Waals surface area (Å²) in [6.07, 6.45) is 3.50. The molecule has 1 nitrogen and oxygen atoms in total. The van der Waals surface area contributed by atoms with Gasteiger partial charge in [-0.25, -0.2) is 0 Å². The van der Waals surface area contributed by atoms with E-state index in [9.17, 15) is 4.79 Å². The van der Waals surface area contributed by atoms with Crippen molar-refractivity contribution >= 4 is 11.9 Å². The Labute approximate surface area is 85.5 Å². The number of ketones is 1. The molecular weight excluding hydrogens is 172 g/mol. The third-order valence-corrected chi connectivity index (χ3v) is 1.97. The molecule has 0 N–H and O–H groups in total. The minimum absolute atomic E-state index is 0.154. The molecule has 0 saturated carbocycles. The summed E-state index contributed by atoms with van der Waals surface area (Å²) in [5.41, 5.74) is 0.774. The normalized spacial score (nSPS) is 11.9. The van der Waals surface area contributed by atoms with Crippen molar-refractivity contribution in [3.63, 3.8) is 0 Å². The van der Waals surface area contributed by atoms with Gasteiger partial charge in [-0.2, -0.15) is 0 Å². The lowest BCUT2D eigenvalue weighted by Gasteiger charge is -2.12. The zero-order valence-electron chi connectivity index (χ0n) is 8.95. The van der Waals surface area contributed by atoms with Crippen LogP contribution in [0.2, 0.25) is 0 Å². The van der Waals surface area contributed by atoms with Gasteiger partial charge in [-0.05, 0) is 11.6 Å². The molecule has 0 aliphatic carbocycles. The maximum absolute atomic E-state index is 11.6. The minimum Gasteiger partial charge on any atom is -0.294 e. The molecule has 0 fully saturated rings. The van der Waals surface area contributed by atoms with Crippen LogP contribution in [0.3, 0.4) is 0 Å². The van der Waals surface area contributed by atoms with Crippen LogP contribution in [-0.4, -0.2) is 5.78 Å². The molecule has 0 radical (unpaired) electrons. The molecular formula is C13H16O. The van der Waals surface area contributed by atoms with Gasteiger partial charge >= 0.3 is 0 Å². The van der Waals surface area contributed by atoms with Crippen molar-refractivity contribution in [3.05, 3.63) is 42.0 Å². The molecule has 0 spiro atoms. The van der Waals surface area contributed by atoms with Gasteiger partial charge in [0.15, 0.2) is 5.78 Å². The maximum Gasteiger partial charge on any atom is 0.161 e. The van der Waals surface area contributed by atoms with Gasteiger partial charge in [0.1, 0.15) is 0 Å². The van der Waals surface area contributed by atoms with E-state index >= 15 is 0 Å². The monoisotopic (exact) mass is 188 g/mol. The number of rotatable bonds is 2. The Morgan fingerprint density at radius 3 is 2.21 bits per heavy atom. The van der Waals surface area contributed by atoms with Crippen LogP contribution in [0.4, 0.5) is 0 Å². The lowest BCUT2D eigenvalue weighted by atomic mass is 9.90. The smallest absolute Gasteiger partial charge is 0.161 e. The predicted octanol–water partition coefficient (Wildman–Crippen LogP) is 3.32. The zero-order valence-corrected chi connectivity index (χ0v) is 8.95. The van der Waals surface area contributed by atoms with E-state index in [4.69, 9.17) is 0 Å². The van der Waals surface area contributed by atoms with E-state index in [0.29, 0.717) is 0 Å². The zero-order chi connectivity index (χ0) is 10.6. The molecule has 1 rings (SSSR count). The maximum atomic E-state index is 11.6. The molecule has 1 aromatic rings. The van der Waals surface area contributed by atoms with Crippen molar-refractivity contribution in [2.24, 2.45) is 5.41 Å². The second-order valence-electron chi connectivity index (χ2n) is 4.36. The molecule has 74 valence electrons. The highest BCUT2D eigenvalue weighted by molar-refractivity contribution is 5.97. The van der Waals surface area contributed by atoms with Gasteiger partial charge in [-0.15, -0.1) is 0 Å². The van der Waals surface area contributed by atoms with Gasteiger partial charge in [-0.1, -0.05) is 57.2 Å². The van der Waals surface area contributed by atoms with E-state index in [1.807, 2.05) is 57.2 Å². The first-order chi connectivity index (χ1) is 6.50. The van der Waals surface area contributed by atoms with Crippen molar-refractivity contribution in [1.82, 2.24) is 0 Å². The van der Waals surface area contributed by atoms with Crippen LogP contribution in [0.1, 0.15) is 26.3 Å². The summed E-state index contributed by atoms with van der Waals surface area (Å²) < 4.78 is 0. The van der Waals surface area contributed by atoms with Crippen LogP contribution < -0.4 is 0 Å². The third kappa shape index (κ3) is 3.17. The summed E-state index contributed by atoms with van der Waals surface area (Å²) >= 11 is 0. The Morgan fingerprint density at radius 1 is 1.14 bits per heavy atom. The molecule has 0 amide bonds. The van der Waals surface area contributed by atoms with E-state index in [2.05, 4.69) is 0 Å². The summed E-state index contributed by atoms with van der Waals surface area (Å²) in [5.74, 6) is 0.154. The average molecular weight is 188 g/mol. The van der Waals surface area contributed by atoms with Crippen molar-refractivity contribution in [1.29, 1.82) is 0 Å². The summed E-state index contributed by atoms with van der Waals surface area (Å²) in [4.78, 5) is 11.6. The van der Waals surface area contributed by atoms with E-state index in [1.54, 1.807) is 6.08 Å². The molecule has 0 unspecified atom stereocenters. The third-order valence-electron chi connectivity index (χ3n) is 1.97. The standard InChI is InChI=1S/C13H16O/c1-13(2,3)12(14)10-9-11-7-5-4-6-8-11/h4-10H,1-3H3. The van der Waals surface area contributed by atoms with Crippen molar-refractivity contribution < 1.29 is 4.79 Å². The average Bonchev–Trinajstić information content (AvgIpc) is 2.14. The van der Waals surface area contributed by atoms with Crippen molar-refractivity contribution in [2.45, 2.75) is 20.8 Å². The number of hydrogen-bond acceptors (Lipinski definition) is 1. The van der Waals surface area contributed by atoms with E-state index in [-0.39, 0.29) is 11.2 Å². The molecule has 0 heterocycles. The fourth-order valence-corrected chi connectivity index (χ4v) is 0.986. The van der Waals surface area contributed by atoms with Gasteiger partial charge in [0, 0.05) is 5.41 Å². The quantitative estimate of drug-likeness (QED) is 0.651. The molecule has 1 heteroatoms. The SMILES string of the molecule is CC(C)(C)C(=O)C=Cc1ccccc1. The number of hydrogen-bond donors (Lipinski definition) is 0. The topological polar surface area (TPSA) is 17.1 Å². The van der Waals surface area contributed by atoms with Crippen LogP contribution in [0.25, 0.3) is 6.08 Å². The number of benzene rings is 1. The number of carbonyl (C=O) groups is 1. The van der Waals surface area contributed by atoms with Crippen molar-refractivity contribution in [3.8, 4) is 0 Å². The van der Waals surface area contributed by atoms with Crippen molar-refractivity contribution in [2.75, 3.05) is 0 Å². The summed E-state index contributed by atoms with van der Waals surface area (Å²) in [5, 5.41) is 0. The molecule has 0 aliphatic rings. The van der Waals surface area contributed by atoms with Gasteiger partial charge < -0.3 is 0 Å². The van der Waals surface area contributed by atoms with Crippen LogP contribution >= 0.6 is 0 Å². The Balaban J connectivity index is 2.71. The fraction of sp³-hybridized carbons (Fsp3) is 0.308. The predicted molar refractivity (Wildman–Crippen MR) is 59.9 cm³/mol. The molecule has 0 atom stereocenters. The number of carbonyl (C=O) groups excluding carboxylic acids is 1. The van der Waals surface area contributed by atoms with Crippen LogP contribution in [-0.2, 0) is 4.79 Å². The highest BCUT2D eigenvalue weighted by Crippen LogP contribution is 2.15. The molecule has 0 bridgehead atoms. The number of allylic oxidation sites excluding steroid dienone is 1. The highest BCUT2D eigenvalue weighted by atomic mass is 16.1. The first kappa shape index (κ1) is 10.7. The Hall–Kier alpha value is -1.37. The van der Waals surface area contributed by atoms with Gasteiger partial charge in [-0.3, -0.25) is 4.79 Å². The first-order valence-corrected chi connectivity index (χ1v) is 4.78. The van der Waals surface area contributed by atoms with Gasteiger partial charge in [0.05, 0.1) is 0 Å². The van der Waals surface area contributed by atoms with E-state index in [1.165, 1.54) is 0 Å². The molecule has 0 aromatic heterocycles. The van der Waals surface area contributed by atoms with Crippen LogP contribution in [0.5, 0.6) is 0 Å².